The zero-order valence-electron chi connectivity index (χ0n) is 20.3. The van der Waals surface area contributed by atoms with Crippen molar-refractivity contribution in [2.24, 2.45) is 0 Å². The Kier molecular flexibility index (Phi) is 4.86. The summed E-state index contributed by atoms with van der Waals surface area (Å²) in [5, 5.41) is 16.9. The van der Waals surface area contributed by atoms with E-state index in [1.807, 2.05) is 58.0 Å². The molecule has 1 saturated carbocycles. The van der Waals surface area contributed by atoms with E-state index in [4.69, 9.17) is 9.51 Å². The summed E-state index contributed by atoms with van der Waals surface area (Å²) in [6.45, 7) is 7.72. The van der Waals surface area contributed by atoms with Crippen LogP contribution in [-0.2, 0) is 5.60 Å². The van der Waals surface area contributed by atoms with Gasteiger partial charge in [0.2, 0.25) is 0 Å². The quantitative estimate of drug-likeness (QED) is 0.360. The Hall–Kier alpha value is -3.84. The number of fused-ring (bicyclic) bond motifs is 1. The number of pyridine rings is 2. The molecule has 6 rings (SSSR count). The van der Waals surface area contributed by atoms with E-state index in [0.717, 1.165) is 63.7 Å². The summed E-state index contributed by atoms with van der Waals surface area (Å²) in [6.07, 6.45) is 5.67. The molecule has 1 atom stereocenters. The van der Waals surface area contributed by atoms with Crippen LogP contribution in [0.15, 0.2) is 53.3 Å². The van der Waals surface area contributed by atoms with Crippen molar-refractivity contribution < 1.29 is 9.63 Å². The van der Waals surface area contributed by atoms with Crippen LogP contribution in [0.2, 0.25) is 0 Å². The molecule has 176 valence electrons. The first-order valence-electron chi connectivity index (χ1n) is 11.9. The topological polar surface area (TPSA) is 101 Å². The number of hydrogen-bond donors (Lipinski definition) is 2. The van der Waals surface area contributed by atoms with Gasteiger partial charge in [-0.2, -0.15) is 0 Å². The van der Waals surface area contributed by atoms with Crippen LogP contribution in [0.1, 0.15) is 64.1 Å². The van der Waals surface area contributed by atoms with Crippen LogP contribution in [0.25, 0.3) is 22.2 Å². The lowest BCUT2D eigenvalue weighted by molar-refractivity contribution is 0.125. The highest BCUT2D eigenvalue weighted by Gasteiger charge is 2.39. The monoisotopic (exact) mass is 465 g/mol. The summed E-state index contributed by atoms with van der Waals surface area (Å²) in [7, 11) is 0. The highest BCUT2D eigenvalue weighted by atomic mass is 16.5. The average Bonchev–Trinajstić information content (AvgIpc) is 3.52. The molecule has 1 fully saturated rings. The van der Waals surface area contributed by atoms with Crippen molar-refractivity contribution in [3.63, 3.8) is 0 Å². The summed E-state index contributed by atoms with van der Waals surface area (Å²) < 4.78 is 5.48. The molecule has 35 heavy (non-hydrogen) atoms. The van der Waals surface area contributed by atoms with Crippen LogP contribution in [-0.4, -0.2) is 30.2 Å². The zero-order chi connectivity index (χ0) is 24.3. The maximum Gasteiger partial charge on any atom is 0.145 e. The molecule has 0 saturated heterocycles. The summed E-state index contributed by atoms with van der Waals surface area (Å²) in [5.41, 5.74) is 6.40. The Bertz CT molecular complexity index is 1550. The second-order valence-electron chi connectivity index (χ2n) is 9.55. The van der Waals surface area contributed by atoms with Gasteiger partial charge >= 0.3 is 0 Å². The second-order valence-corrected chi connectivity index (χ2v) is 9.55. The van der Waals surface area contributed by atoms with Crippen molar-refractivity contribution in [1.82, 2.24) is 25.1 Å². The van der Waals surface area contributed by atoms with Crippen LogP contribution in [0.5, 0.6) is 0 Å². The molecule has 0 radical (unpaired) electrons. The molecule has 0 amide bonds. The van der Waals surface area contributed by atoms with Gasteiger partial charge < -0.3 is 14.6 Å². The van der Waals surface area contributed by atoms with Gasteiger partial charge in [-0.05, 0) is 70.4 Å². The Morgan fingerprint density at radius 1 is 1.00 bits per heavy atom. The Labute approximate surface area is 203 Å². The highest BCUT2D eigenvalue weighted by Crippen LogP contribution is 2.45. The van der Waals surface area contributed by atoms with Crippen LogP contribution in [0.4, 0.5) is 0 Å². The third kappa shape index (κ3) is 3.46. The maximum atomic E-state index is 12.7. The molecule has 0 bridgehead atoms. The van der Waals surface area contributed by atoms with E-state index in [2.05, 4.69) is 26.2 Å². The number of rotatable bonds is 5. The van der Waals surface area contributed by atoms with Gasteiger partial charge in [0.1, 0.15) is 17.2 Å². The minimum atomic E-state index is -1.53. The number of H-pyrrole nitrogens is 1. The SMILES string of the molecule is Cc1ccc(C(O)(c2cccnc2)c2cc(-c3c(C)noc3C)cc3[nH]c(C4CC4)nc23)c(C)n1. The number of nitrogens with one attached hydrogen (secondary N) is 1. The number of benzene rings is 1. The van der Waals surface area contributed by atoms with Crippen molar-refractivity contribution in [2.45, 2.75) is 52.1 Å². The van der Waals surface area contributed by atoms with Crippen LogP contribution in [0.3, 0.4) is 0 Å². The molecule has 1 aliphatic carbocycles. The fraction of sp³-hybridized carbons (Fsp3) is 0.286. The Morgan fingerprint density at radius 3 is 2.49 bits per heavy atom. The summed E-state index contributed by atoms with van der Waals surface area (Å²) >= 11 is 0. The number of aromatic nitrogens is 5. The number of hydrogen-bond acceptors (Lipinski definition) is 6. The van der Waals surface area contributed by atoms with E-state index in [-0.39, 0.29) is 0 Å². The maximum absolute atomic E-state index is 12.7. The van der Waals surface area contributed by atoms with Crippen molar-refractivity contribution in [3.8, 4) is 11.1 Å². The Morgan fingerprint density at radius 2 is 1.83 bits per heavy atom. The van der Waals surface area contributed by atoms with Crippen molar-refractivity contribution >= 4 is 11.0 Å². The second kappa shape index (κ2) is 7.85. The lowest BCUT2D eigenvalue weighted by atomic mass is 9.78. The van der Waals surface area contributed by atoms with E-state index in [1.165, 1.54) is 0 Å². The van der Waals surface area contributed by atoms with Gasteiger partial charge in [0.05, 0.1) is 16.7 Å². The summed E-state index contributed by atoms with van der Waals surface area (Å²) in [4.78, 5) is 17.6. The molecular formula is C28H27N5O2. The molecule has 2 N–H and O–H groups in total. The van der Waals surface area contributed by atoms with Gasteiger partial charge in [-0.15, -0.1) is 0 Å². The molecule has 7 nitrogen and oxygen atoms in total. The number of aryl methyl sites for hydroxylation is 4. The molecule has 1 unspecified atom stereocenters. The lowest BCUT2D eigenvalue weighted by Gasteiger charge is -2.31. The molecule has 1 aromatic carbocycles. The molecule has 0 aliphatic heterocycles. The molecule has 0 spiro atoms. The minimum Gasteiger partial charge on any atom is -0.376 e. The molecule has 7 heteroatoms. The van der Waals surface area contributed by atoms with E-state index < -0.39 is 5.60 Å². The number of aromatic amines is 1. The average molecular weight is 466 g/mol. The van der Waals surface area contributed by atoms with Gasteiger partial charge in [-0.25, -0.2) is 4.98 Å². The number of imidazole rings is 1. The first-order chi connectivity index (χ1) is 16.9. The van der Waals surface area contributed by atoms with E-state index >= 15 is 0 Å². The van der Waals surface area contributed by atoms with Gasteiger partial charge in [-0.3, -0.25) is 9.97 Å². The number of nitrogens with zero attached hydrogens (tertiary/aromatic N) is 4. The smallest absolute Gasteiger partial charge is 0.145 e. The van der Waals surface area contributed by atoms with Crippen LogP contribution >= 0.6 is 0 Å². The van der Waals surface area contributed by atoms with E-state index in [0.29, 0.717) is 22.6 Å². The fourth-order valence-electron chi connectivity index (χ4n) is 5.10. The van der Waals surface area contributed by atoms with Gasteiger partial charge in [0.25, 0.3) is 0 Å². The lowest BCUT2D eigenvalue weighted by Crippen LogP contribution is -2.31. The predicted molar refractivity (Wildman–Crippen MR) is 133 cm³/mol. The standard InChI is InChI=1S/C28H27N5O2/c1-15-7-10-22(16(2)30-15)28(34,21-6-5-11-29-14-21)23-12-20(25-17(3)33-35-18(25)4)13-24-26(23)32-27(31-24)19-8-9-19/h5-7,10-14,19,34H,8-9H2,1-4H3,(H,31,32). The van der Waals surface area contributed by atoms with Crippen LogP contribution < -0.4 is 0 Å². The van der Waals surface area contributed by atoms with Crippen molar-refractivity contribution in [1.29, 1.82) is 0 Å². The molecule has 1 aliphatic rings. The van der Waals surface area contributed by atoms with E-state index in [1.54, 1.807) is 12.4 Å². The highest BCUT2D eigenvalue weighted by molar-refractivity contribution is 5.88. The van der Waals surface area contributed by atoms with Crippen molar-refractivity contribution in [3.05, 3.63) is 94.1 Å². The minimum absolute atomic E-state index is 0.437. The normalized spacial score (nSPS) is 15.5. The van der Waals surface area contributed by atoms with Crippen molar-refractivity contribution in [2.75, 3.05) is 0 Å². The van der Waals surface area contributed by atoms with Gasteiger partial charge in [0, 0.05) is 52.0 Å². The summed E-state index contributed by atoms with van der Waals surface area (Å²) in [6, 6.07) is 11.7. The Balaban J connectivity index is 1.71. The third-order valence-electron chi connectivity index (χ3n) is 6.97. The number of aliphatic hydroxyl groups is 1. The van der Waals surface area contributed by atoms with Gasteiger partial charge in [0.15, 0.2) is 0 Å². The largest absolute Gasteiger partial charge is 0.376 e. The first kappa shape index (κ1) is 21.7. The molecular weight excluding hydrogens is 438 g/mol. The molecule has 4 aromatic heterocycles. The third-order valence-corrected chi connectivity index (χ3v) is 6.97. The molecule has 5 aromatic rings. The fourth-order valence-corrected chi connectivity index (χ4v) is 5.10. The first-order valence-corrected chi connectivity index (χ1v) is 11.9. The summed E-state index contributed by atoms with van der Waals surface area (Å²) in [5.74, 6) is 2.13. The van der Waals surface area contributed by atoms with E-state index in [9.17, 15) is 5.11 Å². The molecule has 4 heterocycles. The van der Waals surface area contributed by atoms with Crippen LogP contribution in [0, 0.1) is 27.7 Å². The van der Waals surface area contributed by atoms with Gasteiger partial charge in [-0.1, -0.05) is 17.3 Å². The zero-order valence-corrected chi connectivity index (χ0v) is 20.3. The predicted octanol–water partition coefficient (Wildman–Crippen LogP) is 5.40.